The molecule has 1 atom stereocenters. The van der Waals surface area contributed by atoms with Gasteiger partial charge in [0.05, 0.1) is 24.0 Å². The molecule has 20 heavy (non-hydrogen) atoms. The van der Waals surface area contributed by atoms with E-state index in [2.05, 4.69) is 24.0 Å². The minimum atomic E-state index is -0.547. The van der Waals surface area contributed by atoms with Gasteiger partial charge in [-0.1, -0.05) is 13.8 Å². The summed E-state index contributed by atoms with van der Waals surface area (Å²) in [6.07, 6.45) is 5.87. The monoisotopic (exact) mass is 276 g/mol. The summed E-state index contributed by atoms with van der Waals surface area (Å²) in [6, 6.07) is 2.44. The Morgan fingerprint density at radius 2 is 2.00 bits per heavy atom. The Kier molecular flexibility index (Phi) is 4.60. The van der Waals surface area contributed by atoms with Crippen LogP contribution < -0.4 is 0 Å². The Labute approximate surface area is 120 Å². The van der Waals surface area contributed by atoms with Crippen molar-refractivity contribution in [3.05, 3.63) is 35.4 Å². The van der Waals surface area contributed by atoms with Crippen LogP contribution in [-0.4, -0.2) is 24.7 Å². The molecule has 2 aromatic heterocycles. The molecule has 0 bridgehead atoms. The van der Waals surface area contributed by atoms with Gasteiger partial charge in [0.15, 0.2) is 0 Å². The third-order valence-electron chi connectivity index (χ3n) is 4.01. The fourth-order valence-electron chi connectivity index (χ4n) is 2.50. The van der Waals surface area contributed by atoms with Crippen LogP contribution in [-0.2, 0) is 13.5 Å². The standard InChI is InChI=1S/C15H24N4O/c1-5-13(6-2)19-8-7-12(17-19)9-15(20)14-10-16-18(4)11(14)3/h7-8,10,13,15,20H,5-6,9H2,1-4H3. The molecule has 5 nitrogen and oxygen atoms in total. The Balaban J connectivity index is 2.08. The molecule has 0 amide bonds. The van der Waals surface area contributed by atoms with E-state index in [-0.39, 0.29) is 0 Å². The molecule has 0 aromatic carbocycles. The number of nitrogens with zero attached hydrogens (tertiary/aromatic N) is 4. The van der Waals surface area contributed by atoms with E-state index in [4.69, 9.17) is 0 Å². The summed E-state index contributed by atoms with van der Waals surface area (Å²) in [5.74, 6) is 0. The van der Waals surface area contributed by atoms with Crippen molar-refractivity contribution in [2.24, 2.45) is 7.05 Å². The summed E-state index contributed by atoms with van der Waals surface area (Å²) >= 11 is 0. The normalized spacial score (nSPS) is 13.1. The third kappa shape index (κ3) is 2.93. The van der Waals surface area contributed by atoms with E-state index in [9.17, 15) is 5.11 Å². The lowest BCUT2D eigenvalue weighted by Gasteiger charge is -2.13. The zero-order valence-corrected chi connectivity index (χ0v) is 12.7. The molecular formula is C15H24N4O. The molecule has 0 saturated carbocycles. The lowest BCUT2D eigenvalue weighted by Crippen LogP contribution is -2.09. The molecule has 1 unspecified atom stereocenters. The maximum absolute atomic E-state index is 10.3. The van der Waals surface area contributed by atoms with Gasteiger partial charge < -0.3 is 5.11 Å². The Morgan fingerprint density at radius 1 is 1.30 bits per heavy atom. The van der Waals surface area contributed by atoms with Crippen molar-refractivity contribution in [1.82, 2.24) is 19.6 Å². The highest BCUT2D eigenvalue weighted by molar-refractivity contribution is 5.20. The van der Waals surface area contributed by atoms with Gasteiger partial charge in [0, 0.05) is 30.9 Å². The summed E-state index contributed by atoms with van der Waals surface area (Å²) in [7, 11) is 1.88. The van der Waals surface area contributed by atoms with Gasteiger partial charge in [-0.2, -0.15) is 10.2 Å². The van der Waals surface area contributed by atoms with Crippen LogP contribution in [0.4, 0.5) is 0 Å². The van der Waals surface area contributed by atoms with Gasteiger partial charge in [-0.05, 0) is 25.8 Å². The fourth-order valence-corrected chi connectivity index (χ4v) is 2.50. The highest BCUT2D eigenvalue weighted by Crippen LogP contribution is 2.21. The first kappa shape index (κ1) is 14.8. The van der Waals surface area contributed by atoms with Crippen LogP contribution >= 0.6 is 0 Å². The zero-order valence-electron chi connectivity index (χ0n) is 12.7. The number of hydrogen-bond acceptors (Lipinski definition) is 3. The van der Waals surface area contributed by atoms with Crippen LogP contribution in [0, 0.1) is 6.92 Å². The Hall–Kier alpha value is -1.62. The van der Waals surface area contributed by atoms with Crippen LogP contribution in [0.1, 0.15) is 55.8 Å². The van der Waals surface area contributed by atoms with E-state index in [1.165, 1.54) is 0 Å². The molecule has 1 N–H and O–H groups in total. The van der Waals surface area contributed by atoms with E-state index in [0.717, 1.165) is 29.8 Å². The van der Waals surface area contributed by atoms with Crippen LogP contribution in [0.15, 0.2) is 18.5 Å². The van der Waals surface area contributed by atoms with Gasteiger partial charge >= 0.3 is 0 Å². The number of aromatic nitrogens is 4. The Morgan fingerprint density at radius 3 is 2.55 bits per heavy atom. The van der Waals surface area contributed by atoms with Gasteiger partial charge in [-0.3, -0.25) is 9.36 Å². The maximum atomic E-state index is 10.3. The third-order valence-corrected chi connectivity index (χ3v) is 4.01. The highest BCUT2D eigenvalue weighted by Gasteiger charge is 2.16. The van der Waals surface area contributed by atoms with E-state index in [1.54, 1.807) is 10.9 Å². The molecule has 0 spiro atoms. The van der Waals surface area contributed by atoms with Crippen molar-refractivity contribution in [3.63, 3.8) is 0 Å². The number of rotatable bonds is 6. The summed E-state index contributed by atoms with van der Waals surface area (Å²) in [6.45, 7) is 6.31. The number of aliphatic hydroxyl groups is 1. The molecule has 110 valence electrons. The first-order valence-corrected chi connectivity index (χ1v) is 7.27. The minimum Gasteiger partial charge on any atom is -0.388 e. The Bertz CT molecular complexity index is 554. The lowest BCUT2D eigenvalue weighted by molar-refractivity contribution is 0.176. The molecule has 2 rings (SSSR count). The molecule has 0 radical (unpaired) electrons. The molecular weight excluding hydrogens is 252 g/mol. The van der Waals surface area contributed by atoms with Crippen molar-refractivity contribution in [3.8, 4) is 0 Å². The minimum absolute atomic E-state index is 0.445. The lowest BCUT2D eigenvalue weighted by atomic mass is 10.1. The van der Waals surface area contributed by atoms with Crippen LogP contribution in [0.5, 0.6) is 0 Å². The van der Waals surface area contributed by atoms with Crippen molar-refractivity contribution in [2.45, 2.75) is 52.2 Å². The highest BCUT2D eigenvalue weighted by atomic mass is 16.3. The van der Waals surface area contributed by atoms with Crippen molar-refractivity contribution in [1.29, 1.82) is 0 Å². The van der Waals surface area contributed by atoms with Gasteiger partial charge in [0.25, 0.3) is 0 Å². The quantitative estimate of drug-likeness (QED) is 0.882. The summed E-state index contributed by atoms with van der Waals surface area (Å²) in [5, 5.41) is 19.1. The van der Waals surface area contributed by atoms with Gasteiger partial charge in [-0.15, -0.1) is 0 Å². The fraction of sp³-hybridized carbons (Fsp3) is 0.600. The number of hydrogen-bond donors (Lipinski definition) is 1. The van der Waals surface area contributed by atoms with Gasteiger partial charge in [-0.25, -0.2) is 0 Å². The van der Waals surface area contributed by atoms with E-state index >= 15 is 0 Å². The molecule has 2 heterocycles. The van der Waals surface area contributed by atoms with Crippen LogP contribution in [0.3, 0.4) is 0 Å². The molecule has 5 heteroatoms. The van der Waals surface area contributed by atoms with Gasteiger partial charge in [0.1, 0.15) is 0 Å². The SMILES string of the molecule is CCC(CC)n1ccc(CC(O)c2cnn(C)c2C)n1. The average Bonchev–Trinajstić information content (AvgIpc) is 3.00. The topological polar surface area (TPSA) is 55.9 Å². The van der Waals surface area contributed by atoms with Crippen LogP contribution in [0.25, 0.3) is 0 Å². The van der Waals surface area contributed by atoms with E-state index in [1.807, 2.05) is 30.9 Å². The predicted octanol–water partition coefficient (Wildman–Crippen LogP) is 2.56. The molecule has 0 aliphatic carbocycles. The summed E-state index contributed by atoms with van der Waals surface area (Å²) in [5.41, 5.74) is 2.80. The molecule has 0 aliphatic heterocycles. The largest absolute Gasteiger partial charge is 0.388 e. The average molecular weight is 276 g/mol. The summed E-state index contributed by atoms with van der Waals surface area (Å²) in [4.78, 5) is 0. The summed E-state index contributed by atoms with van der Waals surface area (Å²) < 4.78 is 3.79. The van der Waals surface area contributed by atoms with Gasteiger partial charge in [0.2, 0.25) is 0 Å². The second-order valence-corrected chi connectivity index (χ2v) is 5.29. The second-order valence-electron chi connectivity index (χ2n) is 5.29. The number of aliphatic hydroxyl groups excluding tert-OH is 1. The van der Waals surface area contributed by atoms with E-state index < -0.39 is 6.10 Å². The molecule has 0 fully saturated rings. The molecule has 2 aromatic rings. The van der Waals surface area contributed by atoms with Crippen molar-refractivity contribution >= 4 is 0 Å². The van der Waals surface area contributed by atoms with Crippen molar-refractivity contribution < 1.29 is 5.11 Å². The smallest absolute Gasteiger partial charge is 0.0879 e. The predicted molar refractivity (Wildman–Crippen MR) is 78.5 cm³/mol. The van der Waals surface area contributed by atoms with Crippen molar-refractivity contribution in [2.75, 3.05) is 0 Å². The maximum Gasteiger partial charge on any atom is 0.0879 e. The first-order valence-electron chi connectivity index (χ1n) is 7.27. The zero-order chi connectivity index (χ0) is 14.7. The molecule has 0 saturated heterocycles. The van der Waals surface area contributed by atoms with E-state index in [0.29, 0.717) is 12.5 Å². The van der Waals surface area contributed by atoms with Crippen LogP contribution in [0.2, 0.25) is 0 Å². The number of aryl methyl sites for hydroxylation is 1. The molecule has 0 aliphatic rings. The first-order chi connectivity index (χ1) is 9.56. The second kappa shape index (κ2) is 6.22.